The summed E-state index contributed by atoms with van der Waals surface area (Å²) in [7, 11) is 3.02. The molecule has 1 unspecified atom stereocenters. The maximum Gasteiger partial charge on any atom is 0.261 e. The van der Waals surface area contributed by atoms with E-state index in [4.69, 9.17) is 14.2 Å². The number of carbonyl (C=O) groups is 2. The highest BCUT2D eigenvalue weighted by Crippen LogP contribution is 2.27. The molecular weight excluding hydrogens is 415 g/mol. The number of benzene rings is 2. The number of rotatable bonds is 11. The third kappa shape index (κ3) is 7.14. The third-order valence-corrected chi connectivity index (χ3v) is 4.84. The highest BCUT2D eigenvalue weighted by Gasteiger charge is 2.27. The van der Waals surface area contributed by atoms with E-state index in [1.807, 2.05) is 13.8 Å². The van der Waals surface area contributed by atoms with Crippen molar-refractivity contribution in [2.45, 2.75) is 33.4 Å². The van der Waals surface area contributed by atoms with Crippen LogP contribution in [0, 0.1) is 11.7 Å². The van der Waals surface area contributed by atoms with Crippen molar-refractivity contribution in [2.24, 2.45) is 5.92 Å². The van der Waals surface area contributed by atoms with Crippen LogP contribution in [0.5, 0.6) is 17.2 Å². The zero-order valence-electron chi connectivity index (χ0n) is 19.2. The Hall–Kier alpha value is -3.29. The first-order chi connectivity index (χ1) is 15.2. The molecule has 1 atom stereocenters. The fraction of sp³-hybridized carbons (Fsp3) is 0.417. The summed E-state index contributed by atoms with van der Waals surface area (Å²) in [6, 6.07) is 10.3. The SMILES string of the molecule is COc1cc(OC)cc(OCC(=O)N(Cc2ccccc2F)C(C)C(=O)NCC(C)C)c1. The second kappa shape index (κ2) is 11.9. The lowest BCUT2D eigenvalue weighted by molar-refractivity contribution is -0.142. The Bertz CT molecular complexity index is 897. The summed E-state index contributed by atoms with van der Waals surface area (Å²) in [5.74, 6) is 0.436. The van der Waals surface area contributed by atoms with Crippen LogP contribution >= 0.6 is 0 Å². The lowest BCUT2D eigenvalue weighted by Crippen LogP contribution is -2.49. The number of amides is 2. The molecule has 1 N–H and O–H groups in total. The van der Waals surface area contributed by atoms with Crippen LogP contribution in [0.3, 0.4) is 0 Å². The summed E-state index contributed by atoms with van der Waals surface area (Å²) in [5, 5.41) is 2.82. The Morgan fingerprint density at radius 1 is 1.00 bits per heavy atom. The number of halogens is 1. The van der Waals surface area contributed by atoms with Crippen LogP contribution in [-0.4, -0.2) is 50.1 Å². The zero-order chi connectivity index (χ0) is 23.7. The molecule has 0 radical (unpaired) electrons. The maximum atomic E-state index is 14.3. The number of ether oxygens (including phenoxy) is 3. The van der Waals surface area contributed by atoms with Gasteiger partial charge < -0.3 is 24.4 Å². The molecular formula is C24H31FN2O5. The molecule has 0 aliphatic heterocycles. The molecule has 0 saturated carbocycles. The monoisotopic (exact) mass is 446 g/mol. The molecule has 0 saturated heterocycles. The van der Waals surface area contributed by atoms with Crippen LogP contribution in [0.25, 0.3) is 0 Å². The van der Waals surface area contributed by atoms with Gasteiger partial charge in [0, 0.05) is 36.9 Å². The number of nitrogens with zero attached hydrogens (tertiary/aromatic N) is 1. The van der Waals surface area contributed by atoms with Crippen LogP contribution in [0.15, 0.2) is 42.5 Å². The number of hydrogen-bond acceptors (Lipinski definition) is 5. The standard InChI is InChI=1S/C24H31FN2O5/c1-16(2)13-26-24(29)17(3)27(14-18-8-6-7-9-22(18)25)23(28)15-32-21-11-19(30-4)10-20(12-21)31-5/h6-12,16-17H,13-15H2,1-5H3,(H,26,29). The van der Waals surface area contributed by atoms with Gasteiger partial charge in [-0.25, -0.2) is 4.39 Å². The van der Waals surface area contributed by atoms with Gasteiger partial charge in [0.2, 0.25) is 5.91 Å². The predicted molar refractivity (Wildman–Crippen MR) is 119 cm³/mol. The molecule has 0 heterocycles. The summed E-state index contributed by atoms with van der Waals surface area (Å²) >= 11 is 0. The van der Waals surface area contributed by atoms with Crippen LogP contribution < -0.4 is 19.5 Å². The van der Waals surface area contributed by atoms with Crippen molar-refractivity contribution in [3.63, 3.8) is 0 Å². The average Bonchev–Trinajstić information content (AvgIpc) is 2.79. The second-order valence-corrected chi connectivity index (χ2v) is 7.77. The molecule has 0 aliphatic carbocycles. The molecule has 0 bridgehead atoms. The van der Waals surface area contributed by atoms with Crippen molar-refractivity contribution in [3.8, 4) is 17.2 Å². The summed E-state index contributed by atoms with van der Waals surface area (Å²) in [4.78, 5) is 27.0. The van der Waals surface area contributed by atoms with Crippen LogP contribution in [0.2, 0.25) is 0 Å². The van der Waals surface area contributed by atoms with Gasteiger partial charge >= 0.3 is 0 Å². The number of hydrogen-bond donors (Lipinski definition) is 1. The van der Waals surface area contributed by atoms with Gasteiger partial charge in [0.1, 0.15) is 29.1 Å². The number of methoxy groups -OCH3 is 2. The maximum absolute atomic E-state index is 14.3. The van der Waals surface area contributed by atoms with E-state index in [1.54, 1.807) is 43.3 Å². The predicted octanol–water partition coefficient (Wildman–Crippen LogP) is 3.41. The Labute approximate surface area is 188 Å². The number of carbonyl (C=O) groups excluding carboxylic acids is 2. The van der Waals surface area contributed by atoms with E-state index in [9.17, 15) is 14.0 Å². The van der Waals surface area contributed by atoms with E-state index < -0.39 is 17.8 Å². The van der Waals surface area contributed by atoms with Gasteiger partial charge in [-0.05, 0) is 18.9 Å². The van der Waals surface area contributed by atoms with Crippen molar-refractivity contribution in [1.82, 2.24) is 10.2 Å². The molecule has 174 valence electrons. The van der Waals surface area contributed by atoms with Crippen molar-refractivity contribution in [3.05, 3.63) is 53.8 Å². The van der Waals surface area contributed by atoms with Crippen LogP contribution in [0.1, 0.15) is 26.3 Å². The molecule has 2 amide bonds. The fourth-order valence-corrected chi connectivity index (χ4v) is 2.94. The molecule has 8 heteroatoms. The lowest BCUT2D eigenvalue weighted by Gasteiger charge is -2.29. The Morgan fingerprint density at radius 2 is 1.59 bits per heavy atom. The van der Waals surface area contributed by atoms with Gasteiger partial charge in [0.05, 0.1) is 14.2 Å². The third-order valence-electron chi connectivity index (χ3n) is 4.84. The van der Waals surface area contributed by atoms with Crippen molar-refractivity contribution in [2.75, 3.05) is 27.4 Å². The summed E-state index contributed by atoms with van der Waals surface area (Å²) in [5.41, 5.74) is 0.312. The molecule has 0 spiro atoms. The Kier molecular flexibility index (Phi) is 9.31. The molecule has 7 nitrogen and oxygen atoms in total. The van der Waals surface area contributed by atoms with E-state index in [-0.39, 0.29) is 25.0 Å². The van der Waals surface area contributed by atoms with Crippen molar-refractivity contribution < 1.29 is 28.2 Å². The van der Waals surface area contributed by atoms with E-state index in [1.165, 1.54) is 25.2 Å². The highest BCUT2D eigenvalue weighted by molar-refractivity contribution is 5.88. The van der Waals surface area contributed by atoms with E-state index in [0.29, 0.717) is 29.4 Å². The molecule has 2 aromatic rings. The normalized spacial score (nSPS) is 11.6. The van der Waals surface area contributed by atoms with Gasteiger partial charge in [-0.2, -0.15) is 0 Å². The molecule has 0 fully saturated rings. The van der Waals surface area contributed by atoms with Crippen molar-refractivity contribution in [1.29, 1.82) is 0 Å². The van der Waals surface area contributed by atoms with Gasteiger partial charge in [0.15, 0.2) is 6.61 Å². The topological polar surface area (TPSA) is 77.1 Å². The van der Waals surface area contributed by atoms with E-state index in [0.717, 1.165) is 0 Å². The first-order valence-electron chi connectivity index (χ1n) is 10.4. The molecule has 32 heavy (non-hydrogen) atoms. The molecule has 0 aromatic heterocycles. The largest absolute Gasteiger partial charge is 0.496 e. The van der Waals surface area contributed by atoms with Gasteiger partial charge in [0.25, 0.3) is 5.91 Å². The number of nitrogens with one attached hydrogen (secondary N) is 1. The first-order valence-corrected chi connectivity index (χ1v) is 10.4. The van der Waals surface area contributed by atoms with Crippen LogP contribution in [-0.2, 0) is 16.1 Å². The minimum atomic E-state index is -0.815. The Balaban J connectivity index is 2.19. The fourth-order valence-electron chi connectivity index (χ4n) is 2.94. The minimum absolute atomic E-state index is 0.0629. The van der Waals surface area contributed by atoms with Crippen LogP contribution in [0.4, 0.5) is 4.39 Å². The molecule has 2 aromatic carbocycles. The summed E-state index contributed by atoms with van der Waals surface area (Å²) < 4.78 is 30.3. The average molecular weight is 447 g/mol. The Morgan fingerprint density at radius 3 is 2.16 bits per heavy atom. The quantitative estimate of drug-likeness (QED) is 0.572. The molecule has 2 rings (SSSR count). The van der Waals surface area contributed by atoms with Gasteiger partial charge in [-0.3, -0.25) is 9.59 Å². The van der Waals surface area contributed by atoms with E-state index in [2.05, 4.69) is 5.32 Å². The van der Waals surface area contributed by atoms with Gasteiger partial charge in [-0.1, -0.05) is 32.0 Å². The smallest absolute Gasteiger partial charge is 0.261 e. The summed E-state index contributed by atoms with van der Waals surface area (Å²) in [6.45, 7) is 5.64. The van der Waals surface area contributed by atoms with Crippen molar-refractivity contribution >= 4 is 11.8 Å². The summed E-state index contributed by atoms with van der Waals surface area (Å²) in [6.07, 6.45) is 0. The van der Waals surface area contributed by atoms with Gasteiger partial charge in [-0.15, -0.1) is 0 Å². The molecule has 0 aliphatic rings. The lowest BCUT2D eigenvalue weighted by atomic mass is 10.1. The highest BCUT2D eigenvalue weighted by atomic mass is 19.1. The van der Waals surface area contributed by atoms with E-state index >= 15 is 0 Å². The second-order valence-electron chi connectivity index (χ2n) is 7.77. The zero-order valence-corrected chi connectivity index (χ0v) is 19.2. The first kappa shape index (κ1) is 25.0. The minimum Gasteiger partial charge on any atom is -0.496 e.